The monoisotopic (exact) mass is 290 g/mol. The van der Waals surface area contributed by atoms with E-state index in [2.05, 4.69) is 29.7 Å². The van der Waals surface area contributed by atoms with E-state index in [9.17, 15) is 4.79 Å². The molecule has 0 spiro atoms. The highest BCUT2D eigenvalue weighted by Gasteiger charge is 2.41. The first-order chi connectivity index (χ1) is 10.2. The summed E-state index contributed by atoms with van der Waals surface area (Å²) in [6, 6.07) is 10.2. The largest absolute Gasteiger partial charge is 0.383 e. The number of carbonyl (C=O) groups excluding carboxylic acids is 1. The van der Waals surface area contributed by atoms with E-state index in [0.29, 0.717) is 6.61 Å². The van der Waals surface area contributed by atoms with E-state index < -0.39 is 5.41 Å². The number of carbonyl (C=O) groups is 1. The molecule has 0 radical (unpaired) electrons. The van der Waals surface area contributed by atoms with Crippen LogP contribution >= 0.6 is 0 Å². The normalized spacial score (nSPS) is 19.0. The number of amides is 1. The second-order valence-corrected chi connectivity index (χ2v) is 5.73. The maximum absolute atomic E-state index is 13.0. The topological polar surface area (TPSA) is 50.4 Å². The minimum Gasteiger partial charge on any atom is -0.383 e. The molecular weight excluding hydrogens is 264 g/mol. The minimum atomic E-state index is -0.409. The molecule has 1 aliphatic heterocycles. The van der Waals surface area contributed by atoms with E-state index in [4.69, 9.17) is 4.74 Å². The molecule has 1 atom stereocenters. The van der Waals surface area contributed by atoms with E-state index in [1.54, 1.807) is 7.11 Å². The summed E-state index contributed by atoms with van der Waals surface area (Å²) in [5, 5.41) is 6.54. The van der Waals surface area contributed by atoms with Gasteiger partial charge in [-0.25, -0.2) is 0 Å². The fraction of sp³-hybridized carbons (Fsp3) is 0.588. The second-order valence-electron chi connectivity index (χ2n) is 5.73. The molecule has 21 heavy (non-hydrogen) atoms. The maximum atomic E-state index is 13.0. The SMILES string of the molecule is CCC(COC)NC(=O)C1(c2ccccc2)CCNCC1. The molecule has 1 unspecified atom stereocenters. The van der Waals surface area contributed by atoms with Crippen LogP contribution in [-0.2, 0) is 14.9 Å². The average Bonchev–Trinajstić information content (AvgIpc) is 2.55. The van der Waals surface area contributed by atoms with E-state index in [1.807, 2.05) is 18.2 Å². The Morgan fingerprint density at radius 1 is 1.33 bits per heavy atom. The fourth-order valence-corrected chi connectivity index (χ4v) is 3.04. The molecule has 0 saturated carbocycles. The third-order valence-corrected chi connectivity index (χ3v) is 4.41. The molecule has 116 valence electrons. The lowest BCUT2D eigenvalue weighted by Crippen LogP contribution is -2.53. The van der Waals surface area contributed by atoms with Gasteiger partial charge in [0.1, 0.15) is 0 Å². The molecule has 0 aromatic heterocycles. The van der Waals surface area contributed by atoms with Crippen LogP contribution in [0.5, 0.6) is 0 Å². The van der Waals surface area contributed by atoms with Crippen LogP contribution in [0.1, 0.15) is 31.7 Å². The van der Waals surface area contributed by atoms with E-state index in [0.717, 1.165) is 37.9 Å². The number of hydrogen-bond donors (Lipinski definition) is 2. The number of ether oxygens (including phenoxy) is 1. The van der Waals surface area contributed by atoms with Crippen molar-refractivity contribution in [2.75, 3.05) is 26.8 Å². The van der Waals surface area contributed by atoms with Crippen LogP contribution in [0.2, 0.25) is 0 Å². The number of hydrogen-bond acceptors (Lipinski definition) is 3. The average molecular weight is 290 g/mol. The van der Waals surface area contributed by atoms with Crippen molar-refractivity contribution >= 4 is 5.91 Å². The Bertz CT molecular complexity index is 441. The van der Waals surface area contributed by atoms with Gasteiger partial charge in [0.2, 0.25) is 5.91 Å². The Balaban J connectivity index is 2.21. The van der Waals surface area contributed by atoms with Gasteiger partial charge in [-0.3, -0.25) is 4.79 Å². The van der Waals surface area contributed by atoms with Gasteiger partial charge in [0, 0.05) is 7.11 Å². The van der Waals surface area contributed by atoms with E-state index in [-0.39, 0.29) is 11.9 Å². The number of piperidine rings is 1. The van der Waals surface area contributed by atoms with Gasteiger partial charge >= 0.3 is 0 Å². The quantitative estimate of drug-likeness (QED) is 0.840. The lowest BCUT2D eigenvalue weighted by atomic mass is 9.72. The zero-order chi connectivity index (χ0) is 15.1. The van der Waals surface area contributed by atoms with Crippen LogP contribution < -0.4 is 10.6 Å². The molecule has 1 fully saturated rings. The first kappa shape index (κ1) is 16.0. The van der Waals surface area contributed by atoms with Gasteiger partial charge in [0.25, 0.3) is 0 Å². The summed E-state index contributed by atoms with van der Waals surface area (Å²) in [4.78, 5) is 13.0. The molecule has 1 amide bonds. The van der Waals surface area contributed by atoms with Crippen molar-refractivity contribution in [3.05, 3.63) is 35.9 Å². The number of nitrogens with one attached hydrogen (secondary N) is 2. The Kier molecular flexibility index (Phi) is 5.76. The molecule has 1 saturated heterocycles. The van der Waals surface area contributed by atoms with Gasteiger partial charge in [0.05, 0.1) is 18.1 Å². The van der Waals surface area contributed by atoms with Crippen molar-refractivity contribution < 1.29 is 9.53 Å². The lowest BCUT2D eigenvalue weighted by molar-refractivity contribution is -0.129. The molecule has 0 aliphatic carbocycles. The summed E-state index contributed by atoms with van der Waals surface area (Å²) >= 11 is 0. The predicted octanol–water partition coefficient (Wildman–Crippen LogP) is 1.85. The molecule has 2 N–H and O–H groups in total. The maximum Gasteiger partial charge on any atom is 0.231 e. The summed E-state index contributed by atoms with van der Waals surface area (Å²) in [5.74, 6) is 0.138. The number of rotatable bonds is 6. The summed E-state index contributed by atoms with van der Waals surface area (Å²) < 4.78 is 5.19. The third kappa shape index (κ3) is 3.63. The van der Waals surface area contributed by atoms with Crippen LogP contribution in [0.25, 0.3) is 0 Å². The van der Waals surface area contributed by atoms with Gasteiger partial charge in [-0.05, 0) is 37.9 Å². The molecule has 4 nitrogen and oxygen atoms in total. The zero-order valence-corrected chi connectivity index (χ0v) is 13.0. The fourth-order valence-electron chi connectivity index (χ4n) is 3.04. The van der Waals surface area contributed by atoms with Crippen molar-refractivity contribution in [1.29, 1.82) is 0 Å². The van der Waals surface area contributed by atoms with Crippen LogP contribution in [0.4, 0.5) is 0 Å². The van der Waals surface area contributed by atoms with Gasteiger partial charge < -0.3 is 15.4 Å². The van der Waals surface area contributed by atoms with Crippen molar-refractivity contribution in [2.45, 2.75) is 37.6 Å². The Hall–Kier alpha value is -1.39. The summed E-state index contributed by atoms with van der Waals surface area (Å²) in [6.07, 6.45) is 2.56. The Labute approximate surface area is 127 Å². The summed E-state index contributed by atoms with van der Waals surface area (Å²) in [5.41, 5.74) is 0.712. The highest BCUT2D eigenvalue weighted by atomic mass is 16.5. The van der Waals surface area contributed by atoms with Gasteiger partial charge in [-0.2, -0.15) is 0 Å². The smallest absolute Gasteiger partial charge is 0.231 e. The standard InChI is InChI=1S/C17H26N2O2/c1-3-15(13-21-2)19-16(20)17(9-11-18-12-10-17)14-7-5-4-6-8-14/h4-8,15,18H,3,9-13H2,1-2H3,(H,19,20). The van der Waals surface area contributed by atoms with Crippen molar-refractivity contribution in [2.24, 2.45) is 0 Å². The number of methoxy groups -OCH3 is 1. The molecular formula is C17H26N2O2. The molecule has 0 bridgehead atoms. The minimum absolute atomic E-state index is 0.0815. The molecule has 1 heterocycles. The Morgan fingerprint density at radius 2 is 2.00 bits per heavy atom. The van der Waals surface area contributed by atoms with Gasteiger partial charge in [-0.15, -0.1) is 0 Å². The highest BCUT2D eigenvalue weighted by Crippen LogP contribution is 2.33. The molecule has 1 aromatic carbocycles. The van der Waals surface area contributed by atoms with Crippen LogP contribution in [0, 0.1) is 0 Å². The predicted molar refractivity (Wildman–Crippen MR) is 84.3 cm³/mol. The van der Waals surface area contributed by atoms with E-state index >= 15 is 0 Å². The molecule has 2 rings (SSSR count). The van der Waals surface area contributed by atoms with Crippen molar-refractivity contribution in [3.63, 3.8) is 0 Å². The van der Waals surface area contributed by atoms with Crippen LogP contribution in [0.3, 0.4) is 0 Å². The van der Waals surface area contributed by atoms with Gasteiger partial charge in [0.15, 0.2) is 0 Å². The van der Waals surface area contributed by atoms with E-state index in [1.165, 1.54) is 0 Å². The molecule has 1 aromatic rings. The zero-order valence-electron chi connectivity index (χ0n) is 13.0. The van der Waals surface area contributed by atoms with Crippen molar-refractivity contribution in [1.82, 2.24) is 10.6 Å². The third-order valence-electron chi connectivity index (χ3n) is 4.41. The summed E-state index contributed by atoms with van der Waals surface area (Å²) in [7, 11) is 1.67. The van der Waals surface area contributed by atoms with Crippen molar-refractivity contribution in [3.8, 4) is 0 Å². The first-order valence-corrected chi connectivity index (χ1v) is 7.79. The highest BCUT2D eigenvalue weighted by molar-refractivity contribution is 5.88. The molecule has 1 aliphatic rings. The Morgan fingerprint density at radius 3 is 2.57 bits per heavy atom. The molecule has 4 heteroatoms. The van der Waals surface area contributed by atoms with Crippen LogP contribution in [0.15, 0.2) is 30.3 Å². The van der Waals surface area contributed by atoms with Crippen LogP contribution in [-0.4, -0.2) is 38.8 Å². The first-order valence-electron chi connectivity index (χ1n) is 7.79. The second kappa shape index (κ2) is 7.57. The van der Waals surface area contributed by atoms with Gasteiger partial charge in [-0.1, -0.05) is 37.3 Å². The summed E-state index contributed by atoms with van der Waals surface area (Å²) in [6.45, 7) is 4.39. The number of benzene rings is 1. The lowest BCUT2D eigenvalue weighted by Gasteiger charge is -2.37.